The minimum absolute atomic E-state index is 0.204. The molecule has 2 aromatic heterocycles. The van der Waals surface area contributed by atoms with Crippen LogP contribution in [0, 0.1) is 5.41 Å². The highest BCUT2D eigenvalue weighted by molar-refractivity contribution is 5.73. The fourth-order valence-corrected chi connectivity index (χ4v) is 1.76. The minimum Gasteiger partial charge on any atom is -0.391 e. The third-order valence-corrected chi connectivity index (χ3v) is 3.37. The van der Waals surface area contributed by atoms with Crippen LogP contribution >= 0.6 is 0 Å². The van der Waals surface area contributed by atoms with Crippen molar-refractivity contribution in [2.75, 3.05) is 6.54 Å². The van der Waals surface area contributed by atoms with Gasteiger partial charge in [-0.3, -0.25) is 0 Å². The summed E-state index contributed by atoms with van der Waals surface area (Å²) in [5, 5.41) is 19.3. The number of pyridine rings is 1. The lowest BCUT2D eigenvalue weighted by Gasteiger charge is -2.25. The van der Waals surface area contributed by atoms with Crippen LogP contribution in [0.1, 0.15) is 26.3 Å². The average molecular weight is 318 g/mol. The van der Waals surface area contributed by atoms with Crippen molar-refractivity contribution in [3.63, 3.8) is 0 Å². The van der Waals surface area contributed by atoms with Crippen molar-refractivity contribution >= 4 is 6.03 Å². The molecule has 0 aliphatic carbocycles. The van der Waals surface area contributed by atoms with E-state index >= 15 is 0 Å². The fourth-order valence-electron chi connectivity index (χ4n) is 1.76. The highest BCUT2D eigenvalue weighted by Gasteiger charge is 2.22. The van der Waals surface area contributed by atoms with Gasteiger partial charge in [-0.05, 0) is 23.1 Å². The van der Waals surface area contributed by atoms with Crippen molar-refractivity contribution in [3.8, 4) is 5.82 Å². The van der Waals surface area contributed by atoms with Crippen LogP contribution in [0.2, 0.25) is 0 Å². The standard InChI is InChI=1S/C15H22N6O2/c1-15(2,3)12(22)8-19-14(23)18-7-11-4-5-17-13(6-11)21-10-16-9-20-21/h4-6,9-10,12,22H,7-8H2,1-3H3,(H2,18,19,23). The van der Waals surface area contributed by atoms with E-state index < -0.39 is 6.10 Å². The SMILES string of the molecule is CC(C)(C)C(O)CNC(=O)NCc1ccnc(-n2cncn2)c1. The van der Waals surface area contributed by atoms with Gasteiger partial charge in [0.2, 0.25) is 0 Å². The number of carbonyl (C=O) groups excluding carboxylic acids is 1. The van der Waals surface area contributed by atoms with Gasteiger partial charge in [-0.2, -0.15) is 5.10 Å². The summed E-state index contributed by atoms with van der Waals surface area (Å²) in [6.45, 7) is 6.30. The topological polar surface area (TPSA) is 105 Å². The summed E-state index contributed by atoms with van der Waals surface area (Å²) in [7, 11) is 0. The number of aliphatic hydroxyl groups excluding tert-OH is 1. The number of nitrogens with zero attached hydrogens (tertiary/aromatic N) is 4. The van der Waals surface area contributed by atoms with Gasteiger partial charge in [0.25, 0.3) is 0 Å². The molecule has 0 saturated heterocycles. The van der Waals surface area contributed by atoms with E-state index in [1.54, 1.807) is 17.2 Å². The van der Waals surface area contributed by atoms with E-state index in [1.807, 2.05) is 32.9 Å². The summed E-state index contributed by atoms with van der Waals surface area (Å²) < 4.78 is 1.54. The summed E-state index contributed by atoms with van der Waals surface area (Å²) in [5.74, 6) is 0.630. The first-order chi connectivity index (χ1) is 10.9. The quantitative estimate of drug-likeness (QED) is 0.758. The lowest BCUT2D eigenvalue weighted by Crippen LogP contribution is -2.43. The molecule has 2 rings (SSSR count). The molecular weight excluding hydrogens is 296 g/mol. The Labute approximate surface area is 135 Å². The molecule has 23 heavy (non-hydrogen) atoms. The largest absolute Gasteiger partial charge is 0.391 e. The highest BCUT2D eigenvalue weighted by atomic mass is 16.3. The molecule has 2 amide bonds. The molecule has 0 spiro atoms. The Balaban J connectivity index is 1.84. The Bertz CT molecular complexity index is 636. The molecule has 2 aromatic rings. The summed E-state index contributed by atoms with van der Waals surface area (Å²) >= 11 is 0. The van der Waals surface area contributed by atoms with Crippen LogP contribution < -0.4 is 10.6 Å². The normalized spacial score (nSPS) is 12.7. The lowest BCUT2D eigenvalue weighted by molar-refractivity contribution is 0.0650. The van der Waals surface area contributed by atoms with E-state index in [-0.39, 0.29) is 18.0 Å². The Kier molecular flexibility index (Phi) is 5.28. The zero-order valence-electron chi connectivity index (χ0n) is 13.5. The second-order valence-corrected chi connectivity index (χ2v) is 6.31. The van der Waals surface area contributed by atoms with E-state index in [4.69, 9.17) is 0 Å². The maximum atomic E-state index is 11.8. The Hall–Kier alpha value is -2.48. The number of urea groups is 1. The number of aromatic nitrogens is 4. The molecule has 1 atom stereocenters. The van der Waals surface area contributed by atoms with Crippen LogP contribution in [0.5, 0.6) is 0 Å². The molecule has 1 unspecified atom stereocenters. The first kappa shape index (κ1) is 16.9. The Morgan fingerprint density at radius 3 is 2.83 bits per heavy atom. The van der Waals surface area contributed by atoms with E-state index in [0.717, 1.165) is 5.56 Å². The van der Waals surface area contributed by atoms with Crippen molar-refractivity contribution in [1.82, 2.24) is 30.4 Å². The van der Waals surface area contributed by atoms with Crippen LogP contribution in [0.4, 0.5) is 4.79 Å². The Morgan fingerprint density at radius 2 is 2.17 bits per heavy atom. The molecule has 0 bridgehead atoms. The molecular formula is C15H22N6O2. The summed E-state index contributed by atoms with van der Waals surface area (Å²) in [6, 6.07) is 3.30. The third-order valence-electron chi connectivity index (χ3n) is 3.37. The van der Waals surface area contributed by atoms with Crippen LogP contribution in [0.15, 0.2) is 31.0 Å². The van der Waals surface area contributed by atoms with E-state index in [0.29, 0.717) is 12.4 Å². The van der Waals surface area contributed by atoms with Crippen molar-refractivity contribution in [3.05, 3.63) is 36.5 Å². The predicted molar refractivity (Wildman–Crippen MR) is 84.9 cm³/mol. The van der Waals surface area contributed by atoms with Gasteiger partial charge in [-0.1, -0.05) is 20.8 Å². The molecule has 0 aliphatic heterocycles. The molecule has 8 heteroatoms. The molecule has 0 aromatic carbocycles. The number of nitrogens with one attached hydrogen (secondary N) is 2. The fraction of sp³-hybridized carbons (Fsp3) is 0.467. The van der Waals surface area contributed by atoms with Gasteiger partial charge in [0, 0.05) is 19.3 Å². The van der Waals surface area contributed by atoms with Gasteiger partial charge < -0.3 is 15.7 Å². The van der Waals surface area contributed by atoms with Gasteiger partial charge >= 0.3 is 6.03 Å². The maximum absolute atomic E-state index is 11.8. The second kappa shape index (κ2) is 7.19. The maximum Gasteiger partial charge on any atom is 0.315 e. The molecule has 3 N–H and O–H groups in total. The minimum atomic E-state index is -0.604. The van der Waals surface area contributed by atoms with Crippen LogP contribution in [-0.2, 0) is 6.54 Å². The zero-order valence-corrected chi connectivity index (χ0v) is 13.5. The van der Waals surface area contributed by atoms with Crippen LogP contribution in [0.25, 0.3) is 5.82 Å². The van der Waals surface area contributed by atoms with Crippen LogP contribution in [-0.4, -0.2) is 43.5 Å². The first-order valence-corrected chi connectivity index (χ1v) is 7.36. The smallest absolute Gasteiger partial charge is 0.315 e. The van der Waals surface area contributed by atoms with Gasteiger partial charge in [-0.25, -0.2) is 19.4 Å². The second-order valence-electron chi connectivity index (χ2n) is 6.31. The predicted octanol–water partition coefficient (Wildman–Crippen LogP) is 0.868. The number of hydrogen-bond acceptors (Lipinski definition) is 5. The van der Waals surface area contributed by atoms with Crippen molar-refractivity contribution in [2.24, 2.45) is 5.41 Å². The molecule has 0 radical (unpaired) electrons. The first-order valence-electron chi connectivity index (χ1n) is 7.36. The molecule has 0 aliphatic rings. The molecule has 124 valence electrons. The number of hydrogen-bond donors (Lipinski definition) is 3. The number of carbonyl (C=O) groups is 1. The van der Waals surface area contributed by atoms with Gasteiger partial charge in [0.05, 0.1) is 6.10 Å². The van der Waals surface area contributed by atoms with E-state index in [1.165, 1.54) is 6.33 Å². The zero-order chi connectivity index (χ0) is 16.9. The summed E-state index contributed by atoms with van der Waals surface area (Å²) in [4.78, 5) is 19.9. The van der Waals surface area contributed by atoms with Gasteiger partial charge in [-0.15, -0.1) is 0 Å². The number of amides is 2. The summed E-state index contributed by atoms with van der Waals surface area (Å²) in [6.07, 6.45) is 4.03. The number of rotatable bonds is 5. The lowest BCUT2D eigenvalue weighted by atomic mass is 9.89. The summed E-state index contributed by atoms with van der Waals surface area (Å²) in [5.41, 5.74) is 0.613. The van der Waals surface area contributed by atoms with Crippen molar-refractivity contribution < 1.29 is 9.90 Å². The highest BCUT2D eigenvalue weighted by Crippen LogP contribution is 2.17. The van der Waals surface area contributed by atoms with Crippen molar-refractivity contribution in [1.29, 1.82) is 0 Å². The van der Waals surface area contributed by atoms with E-state index in [2.05, 4.69) is 25.7 Å². The Morgan fingerprint density at radius 1 is 1.39 bits per heavy atom. The molecule has 2 heterocycles. The number of aliphatic hydroxyl groups is 1. The average Bonchev–Trinajstić information content (AvgIpc) is 3.04. The molecule has 0 saturated carbocycles. The molecule has 8 nitrogen and oxygen atoms in total. The monoisotopic (exact) mass is 318 g/mol. The van der Waals surface area contributed by atoms with Crippen molar-refractivity contribution in [2.45, 2.75) is 33.4 Å². The van der Waals surface area contributed by atoms with Crippen LogP contribution in [0.3, 0.4) is 0 Å². The van der Waals surface area contributed by atoms with E-state index in [9.17, 15) is 9.90 Å². The third kappa shape index (κ3) is 5.03. The van der Waals surface area contributed by atoms with Gasteiger partial charge in [0.15, 0.2) is 5.82 Å². The van der Waals surface area contributed by atoms with Gasteiger partial charge in [0.1, 0.15) is 12.7 Å². The molecule has 0 fully saturated rings.